The molecule has 0 aliphatic rings. The van der Waals surface area contributed by atoms with Crippen molar-refractivity contribution in [2.75, 3.05) is 0 Å². The molecule has 3 rings (SSSR count). The average molecular weight is 519 g/mol. The van der Waals surface area contributed by atoms with Crippen LogP contribution in [0.15, 0.2) is 93.5 Å². The number of rotatable bonds is 15. The highest BCUT2D eigenvalue weighted by Crippen LogP contribution is 2.31. The summed E-state index contributed by atoms with van der Waals surface area (Å²) in [4.78, 5) is 13.7. The van der Waals surface area contributed by atoms with E-state index < -0.39 is 5.97 Å². The minimum Gasteiger partial charge on any atom is -0.550 e. The second kappa shape index (κ2) is 18.7. The third kappa shape index (κ3) is 12.0. The fraction of sp³-hybridized carbons (Fsp3) is 0.441. The van der Waals surface area contributed by atoms with E-state index in [1.807, 2.05) is 0 Å². The first kappa shape index (κ1) is 30.7. The minimum atomic E-state index is -0.961. The van der Waals surface area contributed by atoms with E-state index in [0.717, 1.165) is 0 Å². The largest absolute Gasteiger partial charge is 0.550 e. The molecule has 0 aromatic heterocycles. The molecule has 3 aromatic carbocycles. The quantitative estimate of drug-likeness (QED) is 0.149. The number of aliphatic carboxylic acids is 1. The number of carbonyl (C=O) groups is 1. The topological polar surface area (TPSA) is 40.1 Å². The summed E-state index contributed by atoms with van der Waals surface area (Å²) >= 11 is 0. The molecule has 200 valence electrons. The van der Waals surface area contributed by atoms with E-state index >= 15 is 0 Å². The van der Waals surface area contributed by atoms with Gasteiger partial charge in [-0.05, 0) is 79.6 Å². The van der Waals surface area contributed by atoms with Crippen LogP contribution in [-0.4, -0.2) is 5.97 Å². The molecule has 0 fully saturated rings. The zero-order valence-electron chi connectivity index (χ0n) is 23.2. The van der Waals surface area contributed by atoms with E-state index in [4.69, 9.17) is 0 Å². The van der Waals surface area contributed by atoms with E-state index in [9.17, 15) is 9.90 Å². The Morgan fingerprint density at radius 1 is 0.568 bits per heavy atom. The SMILES string of the molecule is CCCC(=O)[O-].CCCCCCc1ccc([S+](c2ccccc2)c2ccc(CCCCCC)cc2)cc1. The maximum atomic E-state index is 9.49. The van der Waals surface area contributed by atoms with Crippen LogP contribution in [0.1, 0.15) is 96.1 Å². The standard InChI is InChI=1S/C30H39S.C4H8O2/c1-3-5-7-10-14-26-18-22-29(23-19-26)31(28-16-12-9-13-17-28)30-24-20-27(21-25-30)15-11-8-6-4-2;1-2-3-4(5)6/h9,12-13,16-25H,3-8,10-11,14-15H2,1-2H3;2-3H2,1H3,(H,5,6)/q+1;/p-1. The fourth-order valence-electron chi connectivity index (χ4n) is 4.27. The lowest BCUT2D eigenvalue weighted by atomic mass is 10.1. The molecule has 0 saturated heterocycles. The highest BCUT2D eigenvalue weighted by molar-refractivity contribution is 7.97. The molecule has 0 amide bonds. The molecule has 0 bridgehead atoms. The molecular formula is C34H46O2S. The number of carbonyl (C=O) groups excluding carboxylic acids is 1. The summed E-state index contributed by atoms with van der Waals surface area (Å²) in [6.45, 7) is 6.35. The van der Waals surface area contributed by atoms with Gasteiger partial charge in [0.25, 0.3) is 0 Å². The van der Waals surface area contributed by atoms with Crippen LogP contribution in [-0.2, 0) is 28.5 Å². The Bertz CT molecular complexity index is 925. The zero-order chi connectivity index (χ0) is 26.7. The first-order valence-corrected chi connectivity index (χ1v) is 15.5. The third-order valence-electron chi connectivity index (χ3n) is 6.39. The van der Waals surface area contributed by atoms with E-state index in [0.29, 0.717) is 6.42 Å². The number of hydrogen-bond acceptors (Lipinski definition) is 2. The van der Waals surface area contributed by atoms with Gasteiger partial charge in [0.1, 0.15) is 0 Å². The second-order valence-corrected chi connectivity index (χ2v) is 11.7. The van der Waals surface area contributed by atoms with E-state index in [2.05, 4.69) is 92.7 Å². The Morgan fingerprint density at radius 2 is 1.00 bits per heavy atom. The van der Waals surface area contributed by atoms with Crippen molar-refractivity contribution in [1.82, 2.24) is 0 Å². The summed E-state index contributed by atoms with van der Waals surface area (Å²) in [6, 6.07) is 29.9. The lowest BCUT2D eigenvalue weighted by molar-refractivity contribution is -0.305. The lowest BCUT2D eigenvalue weighted by Gasteiger charge is -2.10. The molecule has 3 heteroatoms. The molecule has 2 nitrogen and oxygen atoms in total. The molecule has 0 saturated carbocycles. The molecular weight excluding hydrogens is 472 g/mol. The maximum Gasteiger partial charge on any atom is 0.166 e. The van der Waals surface area contributed by atoms with Gasteiger partial charge in [0, 0.05) is 5.97 Å². The van der Waals surface area contributed by atoms with Gasteiger partial charge in [0.05, 0.1) is 10.9 Å². The van der Waals surface area contributed by atoms with Crippen molar-refractivity contribution >= 4 is 16.9 Å². The molecule has 0 radical (unpaired) electrons. The van der Waals surface area contributed by atoms with E-state index in [1.54, 1.807) is 6.92 Å². The number of carboxylic acid groups (broad SMARTS) is 1. The van der Waals surface area contributed by atoms with Crippen LogP contribution >= 0.6 is 0 Å². The van der Waals surface area contributed by atoms with Crippen LogP contribution in [0, 0.1) is 0 Å². The van der Waals surface area contributed by atoms with Crippen molar-refractivity contribution < 1.29 is 9.90 Å². The highest BCUT2D eigenvalue weighted by atomic mass is 32.2. The highest BCUT2D eigenvalue weighted by Gasteiger charge is 2.28. The van der Waals surface area contributed by atoms with Crippen molar-refractivity contribution in [2.45, 2.75) is 113 Å². The number of benzene rings is 3. The predicted molar refractivity (Wildman–Crippen MR) is 157 cm³/mol. The van der Waals surface area contributed by atoms with E-state index in [1.165, 1.54) is 90.0 Å². The van der Waals surface area contributed by atoms with Crippen LogP contribution in [0.25, 0.3) is 0 Å². The molecule has 0 aliphatic heterocycles. The summed E-state index contributed by atoms with van der Waals surface area (Å²) in [5.41, 5.74) is 2.94. The van der Waals surface area contributed by atoms with E-state index in [-0.39, 0.29) is 17.3 Å². The fourth-order valence-corrected chi connectivity index (χ4v) is 6.33. The average Bonchev–Trinajstić information content (AvgIpc) is 2.92. The van der Waals surface area contributed by atoms with Crippen molar-refractivity contribution in [3.05, 3.63) is 90.0 Å². The van der Waals surface area contributed by atoms with Gasteiger partial charge in [0.2, 0.25) is 0 Å². The molecule has 0 atom stereocenters. The normalized spacial score (nSPS) is 10.7. The summed E-state index contributed by atoms with van der Waals surface area (Å²) in [7, 11) is -0.0487. The van der Waals surface area contributed by atoms with Gasteiger partial charge in [0.15, 0.2) is 14.7 Å². The Labute approximate surface area is 228 Å². The Balaban J connectivity index is 0.000000717. The molecule has 0 heterocycles. The van der Waals surface area contributed by atoms with Gasteiger partial charge >= 0.3 is 0 Å². The molecule has 0 N–H and O–H groups in total. The van der Waals surface area contributed by atoms with Gasteiger partial charge in [-0.2, -0.15) is 0 Å². The Morgan fingerprint density at radius 3 is 1.35 bits per heavy atom. The lowest BCUT2D eigenvalue weighted by Crippen LogP contribution is -2.20. The zero-order valence-corrected chi connectivity index (χ0v) is 24.0. The van der Waals surface area contributed by atoms with Gasteiger partial charge in [-0.3, -0.25) is 0 Å². The molecule has 0 unspecified atom stereocenters. The second-order valence-electron chi connectivity index (χ2n) is 9.65. The number of hydrogen-bond donors (Lipinski definition) is 0. The number of aryl methyl sites for hydroxylation is 2. The number of carboxylic acids is 1. The van der Waals surface area contributed by atoms with Crippen molar-refractivity contribution in [1.29, 1.82) is 0 Å². The first-order chi connectivity index (χ1) is 18.1. The van der Waals surface area contributed by atoms with Gasteiger partial charge in [-0.1, -0.05) is 108 Å². The summed E-state index contributed by atoms with van der Waals surface area (Å²) in [5, 5.41) is 9.49. The molecule has 37 heavy (non-hydrogen) atoms. The minimum absolute atomic E-state index is 0.0487. The summed E-state index contributed by atoms with van der Waals surface area (Å²) < 4.78 is 0. The monoisotopic (exact) mass is 518 g/mol. The third-order valence-corrected chi connectivity index (χ3v) is 8.62. The van der Waals surface area contributed by atoms with Gasteiger partial charge in [-0.15, -0.1) is 0 Å². The van der Waals surface area contributed by atoms with Crippen LogP contribution in [0.4, 0.5) is 0 Å². The van der Waals surface area contributed by atoms with Crippen LogP contribution in [0.2, 0.25) is 0 Å². The van der Waals surface area contributed by atoms with Crippen LogP contribution in [0.5, 0.6) is 0 Å². The van der Waals surface area contributed by atoms with Crippen LogP contribution < -0.4 is 5.11 Å². The smallest absolute Gasteiger partial charge is 0.166 e. The van der Waals surface area contributed by atoms with Crippen molar-refractivity contribution in [2.24, 2.45) is 0 Å². The predicted octanol–water partition coefficient (Wildman–Crippen LogP) is 8.56. The summed E-state index contributed by atoms with van der Waals surface area (Å²) in [5.74, 6) is -0.961. The molecule has 0 aliphatic carbocycles. The van der Waals surface area contributed by atoms with Crippen LogP contribution in [0.3, 0.4) is 0 Å². The Hall–Kier alpha value is -2.52. The first-order valence-electron chi connectivity index (χ1n) is 14.3. The van der Waals surface area contributed by atoms with Crippen molar-refractivity contribution in [3.63, 3.8) is 0 Å². The van der Waals surface area contributed by atoms with Crippen molar-refractivity contribution in [3.8, 4) is 0 Å². The van der Waals surface area contributed by atoms with Gasteiger partial charge < -0.3 is 9.90 Å². The summed E-state index contributed by atoms with van der Waals surface area (Å²) in [6.07, 6.45) is 13.9. The maximum absolute atomic E-state index is 9.49. The van der Waals surface area contributed by atoms with Gasteiger partial charge in [-0.25, -0.2) is 0 Å². The Kier molecular flexibility index (Phi) is 15.5. The molecule has 0 spiro atoms. The molecule has 3 aromatic rings. The number of unbranched alkanes of at least 4 members (excludes halogenated alkanes) is 6.